The van der Waals surface area contributed by atoms with Gasteiger partial charge in [0.25, 0.3) is 0 Å². The number of carbonyl (C=O) groups is 2. The predicted octanol–water partition coefficient (Wildman–Crippen LogP) is 6.76. The summed E-state index contributed by atoms with van der Waals surface area (Å²) in [5.74, 6) is -0.378. The maximum Gasteiger partial charge on any atom is 0.306 e. The third-order valence-corrected chi connectivity index (χ3v) is 4.85. The lowest BCUT2D eigenvalue weighted by Crippen LogP contribution is -2.05. The molecule has 0 bridgehead atoms. The fourth-order valence-corrected chi connectivity index (χ4v) is 3.39. The van der Waals surface area contributed by atoms with Crippen LogP contribution in [-0.2, 0) is 25.7 Å². The van der Waals surface area contributed by atoms with Crippen LogP contribution in [0.1, 0.15) is 70.3 Å². The molecule has 152 valence electrons. The lowest BCUT2D eigenvalue weighted by Gasteiger charge is -2.09. The van der Waals surface area contributed by atoms with E-state index in [4.69, 9.17) is 44.3 Å². The van der Waals surface area contributed by atoms with E-state index in [2.05, 4.69) is 0 Å². The van der Waals surface area contributed by atoms with E-state index in [1.165, 1.54) is 0 Å². The van der Waals surface area contributed by atoms with Crippen LogP contribution in [0.2, 0.25) is 15.1 Å². The molecule has 0 atom stereocenters. The Morgan fingerprint density at radius 3 is 1.81 bits per heavy atom. The van der Waals surface area contributed by atoms with Crippen LogP contribution in [-0.4, -0.2) is 18.5 Å². The summed E-state index contributed by atoms with van der Waals surface area (Å²) in [5, 5.41) is 1.22. The second-order valence-corrected chi connectivity index (χ2v) is 7.60. The summed E-state index contributed by atoms with van der Waals surface area (Å²) in [6, 6.07) is 3.14. The van der Waals surface area contributed by atoms with Gasteiger partial charge in [0.05, 0.1) is 16.7 Å². The molecule has 1 aromatic rings. The number of esters is 2. The second kappa shape index (κ2) is 14.1. The van der Waals surface area contributed by atoms with Crippen LogP contribution >= 0.6 is 34.8 Å². The molecule has 0 amide bonds. The van der Waals surface area contributed by atoms with E-state index in [1.54, 1.807) is 12.1 Å². The minimum absolute atomic E-state index is 0.0435. The summed E-state index contributed by atoms with van der Waals surface area (Å²) in [4.78, 5) is 23.2. The van der Waals surface area contributed by atoms with Crippen LogP contribution in [0.25, 0.3) is 0 Å². The highest BCUT2D eigenvalue weighted by Gasteiger charge is 2.11. The molecule has 0 heterocycles. The van der Waals surface area contributed by atoms with E-state index in [0.717, 1.165) is 44.9 Å². The monoisotopic (exact) mass is 436 g/mol. The lowest BCUT2D eigenvalue weighted by molar-refractivity contribution is -0.145. The van der Waals surface area contributed by atoms with Gasteiger partial charge in [-0.2, -0.15) is 0 Å². The Morgan fingerprint density at radius 1 is 0.815 bits per heavy atom. The smallest absolute Gasteiger partial charge is 0.306 e. The van der Waals surface area contributed by atoms with Crippen LogP contribution in [0.3, 0.4) is 0 Å². The fraction of sp³-hybridized carbons (Fsp3) is 0.600. The zero-order chi connectivity index (χ0) is 20.1. The quantitative estimate of drug-likeness (QED) is 0.252. The van der Waals surface area contributed by atoms with E-state index in [1.807, 2.05) is 6.92 Å². The van der Waals surface area contributed by atoms with Crippen molar-refractivity contribution in [3.8, 4) is 0 Å². The minimum Gasteiger partial charge on any atom is -0.466 e. The summed E-state index contributed by atoms with van der Waals surface area (Å²) >= 11 is 18.0. The standard InChI is InChI=1S/C20H27Cl3O4/c1-2-11-26-19(24)9-7-5-3-4-6-8-10-20(25)27-14-16-17(22)12-15(21)13-18(16)23/h12-13H,2-11,14H2,1H3. The molecule has 4 nitrogen and oxygen atoms in total. The Kier molecular flexibility index (Phi) is 12.6. The van der Waals surface area contributed by atoms with Gasteiger partial charge in [-0.3, -0.25) is 9.59 Å². The molecule has 0 aliphatic carbocycles. The highest BCUT2D eigenvalue weighted by molar-refractivity contribution is 6.39. The molecule has 0 aliphatic heterocycles. The van der Waals surface area contributed by atoms with Gasteiger partial charge < -0.3 is 9.47 Å². The van der Waals surface area contributed by atoms with Gasteiger partial charge >= 0.3 is 11.9 Å². The number of hydrogen-bond donors (Lipinski definition) is 0. The van der Waals surface area contributed by atoms with Gasteiger partial charge in [0.15, 0.2) is 0 Å². The van der Waals surface area contributed by atoms with E-state index < -0.39 is 0 Å². The molecule has 1 aromatic carbocycles. The van der Waals surface area contributed by atoms with E-state index in [0.29, 0.717) is 40.1 Å². The molecular formula is C20H27Cl3O4. The number of hydrogen-bond acceptors (Lipinski definition) is 4. The van der Waals surface area contributed by atoms with Gasteiger partial charge in [-0.05, 0) is 31.4 Å². The van der Waals surface area contributed by atoms with Crippen LogP contribution in [0, 0.1) is 0 Å². The number of halogens is 3. The molecule has 27 heavy (non-hydrogen) atoms. The first-order chi connectivity index (χ1) is 12.9. The van der Waals surface area contributed by atoms with Crippen molar-refractivity contribution >= 4 is 46.7 Å². The average Bonchev–Trinajstić information content (AvgIpc) is 2.61. The van der Waals surface area contributed by atoms with Crippen molar-refractivity contribution in [2.24, 2.45) is 0 Å². The van der Waals surface area contributed by atoms with Gasteiger partial charge in [0.2, 0.25) is 0 Å². The topological polar surface area (TPSA) is 52.6 Å². The maximum absolute atomic E-state index is 11.8. The van der Waals surface area contributed by atoms with Crippen LogP contribution in [0.4, 0.5) is 0 Å². The number of rotatable bonds is 13. The molecule has 7 heteroatoms. The molecule has 0 unspecified atom stereocenters. The van der Waals surface area contributed by atoms with Crippen LogP contribution < -0.4 is 0 Å². The first kappa shape index (κ1) is 24.1. The number of unbranched alkanes of at least 4 members (excludes halogenated alkanes) is 5. The number of ether oxygens (including phenoxy) is 2. The first-order valence-electron chi connectivity index (χ1n) is 9.38. The molecule has 0 saturated carbocycles. The molecule has 0 aromatic heterocycles. The molecule has 0 fully saturated rings. The summed E-state index contributed by atoms with van der Waals surface area (Å²) in [7, 11) is 0. The van der Waals surface area contributed by atoms with E-state index in [-0.39, 0.29) is 18.5 Å². The maximum atomic E-state index is 11.8. The normalized spacial score (nSPS) is 10.7. The first-order valence-corrected chi connectivity index (χ1v) is 10.5. The van der Waals surface area contributed by atoms with E-state index in [9.17, 15) is 9.59 Å². The molecular weight excluding hydrogens is 411 g/mol. The van der Waals surface area contributed by atoms with Crippen molar-refractivity contribution in [3.05, 3.63) is 32.8 Å². The van der Waals surface area contributed by atoms with Gasteiger partial charge in [0.1, 0.15) is 6.61 Å². The minimum atomic E-state index is -0.268. The molecule has 0 radical (unpaired) electrons. The van der Waals surface area contributed by atoms with Gasteiger partial charge in [-0.25, -0.2) is 0 Å². The van der Waals surface area contributed by atoms with Crippen molar-refractivity contribution in [1.82, 2.24) is 0 Å². The third-order valence-electron chi connectivity index (χ3n) is 3.96. The third kappa shape index (κ3) is 10.8. The summed E-state index contributed by atoms with van der Waals surface area (Å²) < 4.78 is 10.3. The fourth-order valence-electron chi connectivity index (χ4n) is 2.47. The molecule has 0 spiro atoms. The van der Waals surface area contributed by atoms with Crippen molar-refractivity contribution in [2.75, 3.05) is 6.61 Å². The SMILES string of the molecule is CCCOC(=O)CCCCCCCCC(=O)OCc1c(Cl)cc(Cl)cc1Cl. The predicted molar refractivity (Wildman–Crippen MR) is 109 cm³/mol. The molecule has 0 aliphatic rings. The van der Waals surface area contributed by atoms with Crippen LogP contribution in [0.15, 0.2) is 12.1 Å². The van der Waals surface area contributed by atoms with Crippen molar-refractivity contribution in [1.29, 1.82) is 0 Å². The number of carbonyl (C=O) groups excluding carboxylic acids is 2. The largest absolute Gasteiger partial charge is 0.466 e. The van der Waals surface area contributed by atoms with Gasteiger partial charge in [0, 0.05) is 23.4 Å². The van der Waals surface area contributed by atoms with E-state index >= 15 is 0 Å². The van der Waals surface area contributed by atoms with Crippen LogP contribution in [0.5, 0.6) is 0 Å². The summed E-state index contributed by atoms with van der Waals surface area (Å²) in [6.07, 6.45) is 7.38. The Balaban J connectivity index is 2.06. The molecule has 1 rings (SSSR count). The Morgan fingerprint density at radius 2 is 1.30 bits per heavy atom. The van der Waals surface area contributed by atoms with Gasteiger partial charge in [-0.1, -0.05) is 67.4 Å². The van der Waals surface area contributed by atoms with Crippen molar-refractivity contribution < 1.29 is 19.1 Å². The Bertz CT molecular complexity index is 582. The zero-order valence-corrected chi connectivity index (χ0v) is 18.0. The van der Waals surface area contributed by atoms with Crippen molar-refractivity contribution in [2.45, 2.75) is 71.3 Å². The zero-order valence-electron chi connectivity index (χ0n) is 15.7. The Labute approximate surface area is 176 Å². The molecule has 0 N–H and O–H groups in total. The highest BCUT2D eigenvalue weighted by Crippen LogP contribution is 2.29. The average molecular weight is 438 g/mol. The summed E-state index contributed by atoms with van der Waals surface area (Å²) in [6.45, 7) is 2.53. The lowest BCUT2D eigenvalue weighted by atomic mass is 10.1. The second-order valence-electron chi connectivity index (χ2n) is 6.35. The highest BCUT2D eigenvalue weighted by atomic mass is 35.5. The number of benzene rings is 1. The molecule has 0 saturated heterocycles. The van der Waals surface area contributed by atoms with Gasteiger partial charge in [-0.15, -0.1) is 0 Å². The summed E-state index contributed by atoms with van der Waals surface area (Å²) in [5.41, 5.74) is 0.563. The van der Waals surface area contributed by atoms with Crippen molar-refractivity contribution in [3.63, 3.8) is 0 Å². The Hall–Kier alpha value is -0.970.